The smallest absolute Gasteiger partial charge is 0.257 e. The third-order valence-electron chi connectivity index (χ3n) is 4.86. The molecular weight excluding hydrogens is 346 g/mol. The zero-order chi connectivity index (χ0) is 17.9. The number of fused-ring (bicyclic) bond motifs is 1. The Hall–Kier alpha value is -2.59. The molecule has 4 nitrogen and oxygen atoms in total. The molecule has 3 aromatic rings. The topological polar surface area (TPSA) is 45.2 Å². The Morgan fingerprint density at radius 3 is 2.62 bits per heavy atom. The third-order valence-corrected chi connectivity index (χ3v) is 5.19. The van der Waals surface area contributed by atoms with Crippen LogP contribution in [0.5, 0.6) is 0 Å². The van der Waals surface area contributed by atoms with E-state index in [2.05, 4.69) is 21.3 Å². The van der Waals surface area contributed by atoms with Crippen molar-refractivity contribution in [2.24, 2.45) is 0 Å². The van der Waals surface area contributed by atoms with Crippen molar-refractivity contribution in [2.75, 3.05) is 23.3 Å². The molecule has 0 radical (unpaired) electrons. The van der Waals surface area contributed by atoms with Crippen molar-refractivity contribution in [1.29, 1.82) is 0 Å². The van der Waals surface area contributed by atoms with Gasteiger partial charge >= 0.3 is 0 Å². The van der Waals surface area contributed by atoms with Gasteiger partial charge in [0.2, 0.25) is 0 Å². The molecule has 132 valence electrons. The van der Waals surface area contributed by atoms with E-state index in [0.29, 0.717) is 10.6 Å². The van der Waals surface area contributed by atoms with Crippen LogP contribution in [-0.2, 0) is 0 Å². The van der Waals surface area contributed by atoms with Gasteiger partial charge < -0.3 is 10.2 Å². The van der Waals surface area contributed by atoms with Crippen LogP contribution in [0.25, 0.3) is 10.8 Å². The number of piperidine rings is 1. The molecule has 4 rings (SSSR count). The lowest BCUT2D eigenvalue weighted by atomic mass is 10.0. The van der Waals surface area contributed by atoms with Gasteiger partial charge in [-0.1, -0.05) is 23.7 Å². The Labute approximate surface area is 157 Å². The van der Waals surface area contributed by atoms with E-state index in [4.69, 9.17) is 11.6 Å². The first kappa shape index (κ1) is 16.9. The van der Waals surface area contributed by atoms with Crippen molar-refractivity contribution < 1.29 is 4.79 Å². The van der Waals surface area contributed by atoms with Crippen LogP contribution in [0.4, 0.5) is 11.4 Å². The minimum atomic E-state index is -0.216. The van der Waals surface area contributed by atoms with Crippen LogP contribution in [0.1, 0.15) is 29.6 Å². The van der Waals surface area contributed by atoms with E-state index >= 15 is 0 Å². The molecule has 0 saturated carbocycles. The highest BCUT2D eigenvalue weighted by atomic mass is 35.5. The normalized spacial score (nSPS) is 14.4. The van der Waals surface area contributed by atoms with Crippen LogP contribution in [0.2, 0.25) is 5.02 Å². The maximum Gasteiger partial charge on any atom is 0.257 e. The Kier molecular flexibility index (Phi) is 4.76. The zero-order valence-corrected chi connectivity index (χ0v) is 15.2. The summed E-state index contributed by atoms with van der Waals surface area (Å²) >= 11 is 6.15. The first-order valence-corrected chi connectivity index (χ1v) is 9.29. The molecule has 1 amide bonds. The van der Waals surface area contributed by atoms with E-state index in [0.717, 1.165) is 29.5 Å². The van der Waals surface area contributed by atoms with Crippen molar-refractivity contribution in [3.63, 3.8) is 0 Å². The molecular formula is C21H20ClN3O. The van der Waals surface area contributed by atoms with Gasteiger partial charge in [0.1, 0.15) is 0 Å². The number of pyridine rings is 1. The fourth-order valence-corrected chi connectivity index (χ4v) is 3.75. The van der Waals surface area contributed by atoms with Crippen LogP contribution in [0.3, 0.4) is 0 Å². The van der Waals surface area contributed by atoms with Gasteiger partial charge in [-0.2, -0.15) is 0 Å². The summed E-state index contributed by atoms with van der Waals surface area (Å²) in [4.78, 5) is 19.3. The van der Waals surface area contributed by atoms with E-state index in [1.54, 1.807) is 24.4 Å². The molecule has 1 aliphatic heterocycles. The van der Waals surface area contributed by atoms with Crippen LogP contribution in [0.15, 0.2) is 54.9 Å². The van der Waals surface area contributed by atoms with Crippen molar-refractivity contribution in [3.05, 3.63) is 65.4 Å². The zero-order valence-electron chi connectivity index (χ0n) is 14.4. The van der Waals surface area contributed by atoms with E-state index in [-0.39, 0.29) is 5.91 Å². The van der Waals surface area contributed by atoms with Crippen molar-refractivity contribution in [3.8, 4) is 0 Å². The predicted molar refractivity (Wildman–Crippen MR) is 107 cm³/mol. The van der Waals surface area contributed by atoms with E-state index < -0.39 is 0 Å². The van der Waals surface area contributed by atoms with Crippen LogP contribution in [0, 0.1) is 0 Å². The van der Waals surface area contributed by atoms with Gasteiger partial charge in [-0.15, -0.1) is 0 Å². The number of hydrogen-bond acceptors (Lipinski definition) is 3. The first-order chi connectivity index (χ1) is 12.7. The number of rotatable bonds is 3. The molecule has 0 bridgehead atoms. The predicted octanol–water partition coefficient (Wildman–Crippen LogP) is 5.13. The molecule has 0 atom stereocenters. The second-order valence-corrected chi connectivity index (χ2v) is 6.94. The van der Waals surface area contributed by atoms with Gasteiger partial charge in [0.15, 0.2) is 0 Å². The van der Waals surface area contributed by atoms with Crippen LogP contribution < -0.4 is 10.2 Å². The van der Waals surface area contributed by atoms with Gasteiger partial charge in [0.25, 0.3) is 5.91 Å². The number of benzene rings is 2. The number of anilines is 2. The van der Waals surface area contributed by atoms with Crippen LogP contribution in [-0.4, -0.2) is 24.0 Å². The number of carbonyl (C=O) groups excluding carboxylic acids is 1. The molecule has 26 heavy (non-hydrogen) atoms. The standard InChI is InChI=1S/C21H20ClN3O/c22-18-7-3-2-6-16(18)21(26)24-19-8-9-20(25-12-4-1-5-13-25)15-10-11-23-14-17(15)19/h2-3,6-11,14H,1,4-5,12-13H2,(H,24,26). The van der Waals surface area contributed by atoms with Gasteiger partial charge in [-0.3, -0.25) is 9.78 Å². The number of aromatic nitrogens is 1. The molecule has 0 unspecified atom stereocenters. The minimum absolute atomic E-state index is 0.216. The average molecular weight is 366 g/mol. The summed E-state index contributed by atoms with van der Waals surface area (Å²) in [5, 5.41) is 5.48. The first-order valence-electron chi connectivity index (χ1n) is 8.91. The fraction of sp³-hybridized carbons (Fsp3) is 0.238. The van der Waals surface area contributed by atoms with Crippen molar-refractivity contribution >= 4 is 39.7 Å². The Balaban J connectivity index is 1.70. The van der Waals surface area contributed by atoms with Gasteiger partial charge in [-0.25, -0.2) is 0 Å². The highest BCUT2D eigenvalue weighted by Gasteiger charge is 2.17. The van der Waals surface area contributed by atoms with Crippen molar-refractivity contribution in [2.45, 2.75) is 19.3 Å². The maximum absolute atomic E-state index is 12.6. The molecule has 0 aliphatic carbocycles. The second kappa shape index (κ2) is 7.34. The maximum atomic E-state index is 12.6. The molecule has 1 N–H and O–H groups in total. The Morgan fingerprint density at radius 2 is 1.81 bits per heavy atom. The molecule has 5 heteroatoms. The largest absolute Gasteiger partial charge is 0.371 e. The molecule has 1 aromatic heterocycles. The highest BCUT2D eigenvalue weighted by molar-refractivity contribution is 6.34. The molecule has 1 saturated heterocycles. The summed E-state index contributed by atoms with van der Waals surface area (Å²) in [6.07, 6.45) is 7.34. The quantitative estimate of drug-likeness (QED) is 0.699. The summed E-state index contributed by atoms with van der Waals surface area (Å²) < 4.78 is 0. The Bertz CT molecular complexity index is 951. The van der Waals surface area contributed by atoms with Gasteiger partial charge in [-0.05, 0) is 49.6 Å². The lowest BCUT2D eigenvalue weighted by molar-refractivity contribution is 0.102. The molecule has 1 aliphatic rings. The van der Waals surface area contributed by atoms with Crippen LogP contribution >= 0.6 is 11.6 Å². The summed E-state index contributed by atoms with van der Waals surface area (Å²) in [6.45, 7) is 2.14. The second-order valence-electron chi connectivity index (χ2n) is 6.54. The van der Waals surface area contributed by atoms with E-state index in [1.807, 2.05) is 24.4 Å². The molecule has 2 heterocycles. The monoisotopic (exact) mass is 365 g/mol. The summed E-state index contributed by atoms with van der Waals surface area (Å²) in [7, 11) is 0. The fourth-order valence-electron chi connectivity index (χ4n) is 3.53. The van der Waals surface area contributed by atoms with Gasteiger partial charge in [0.05, 0.1) is 16.3 Å². The lowest BCUT2D eigenvalue weighted by Crippen LogP contribution is -2.29. The van der Waals surface area contributed by atoms with Gasteiger partial charge in [0, 0.05) is 41.9 Å². The summed E-state index contributed by atoms with van der Waals surface area (Å²) in [6, 6.07) is 13.1. The number of amides is 1. The number of nitrogens with zero attached hydrogens (tertiary/aromatic N) is 2. The molecule has 1 fully saturated rings. The number of halogens is 1. The van der Waals surface area contributed by atoms with Crippen molar-refractivity contribution in [1.82, 2.24) is 4.98 Å². The SMILES string of the molecule is O=C(Nc1ccc(N2CCCCC2)c2ccncc12)c1ccccc1Cl. The minimum Gasteiger partial charge on any atom is -0.371 e. The number of nitrogens with one attached hydrogen (secondary N) is 1. The molecule has 2 aromatic carbocycles. The third kappa shape index (κ3) is 3.25. The van der Waals surface area contributed by atoms with E-state index in [9.17, 15) is 4.79 Å². The summed E-state index contributed by atoms with van der Waals surface area (Å²) in [5.41, 5.74) is 2.42. The van der Waals surface area contributed by atoms with E-state index in [1.165, 1.54) is 24.9 Å². The number of hydrogen-bond donors (Lipinski definition) is 1. The number of carbonyl (C=O) groups is 1. The Morgan fingerprint density at radius 1 is 1.00 bits per heavy atom. The summed E-state index contributed by atoms with van der Waals surface area (Å²) in [5.74, 6) is -0.216. The average Bonchev–Trinajstić information content (AvgIpc) is 2.69. The lowest BCUT2D eigenvalue weighted by Gasteiger charge is -2.30. The highest BCUT2D eigenvalue weighted by Crippen LogP contribution is 2.33. The molecule has 0 spiro atoms.